The largest absolute Gasteiger partial charge is 0.433 e. The van der Waals surface area contributed by atoms with Crippen molar-refractivity contribution in [2.75, 3.05) is 24.5 Å². The van der Waals surface area contributed by atoms with E-state index in [1.165, 1.54) is 16.6 Å². The van der Waals surface area contributed by atoms with Crippen LogP contribution < -0.4 is 4.90 Å². The molecule has 0 saturated carbocycles. The normalized spacial score (nSPS) is 18.2. The molecule has 2 aliphatic heterocycles. The summed E-state index contributed by atoms with van der Waals surface area (Å²) in [6.07, 6.45) is -0.140. The van der Waals surface area contributed by atoms with Gasteiger partial charge < -0.3 is 9.80 Å². The maximum Gasteiger partial charge on any atom is 0.433 e. The summed E-state index contributed by atoms with van der Waals surface area (Å²) < 4.78 is 38.6. The predicted octanol–water partition coefficient (Wildman–Crippen LogP) is 4.35. The zero-order valence-corrected chi connectivity index (χ0v) is 16.2. The van der Waals surface area contributed by atoms with Crippen molar-refractivity contribution < 1.29 is 18.0 Å². The van der Waals surface area contributed by atoms with Gasteiger partial charge in [-0.25, -0.2) is 0 Å². The minimum Gasteiger partial charge on any atom is -0.371 e. The third kappa shape index (κ3) is 4.16. The summed E-state index contributed by atoms with van der Waals surface area (Å²) in [5.74, 6) is 0.482. The van der Waals surface area contributed by atoms with Crippen LogP contribution in [0.1, 0.15) is 35.4 Å². The summed E-state index contributed by atoms with van der Waals surface area (Å²) in [7, 11) is 0. The number of thiophene rings is 1. The molecule has 150 valence electrons. The van der Waals surface area contributed by atoms with Crippen molar-refractivity contribution in [3.05, 3.63) is 45.9 Å². The zero-order chi connectivity index (χ0) is 19.7. The number of piperidine rings is 1. The van der Waals surface area contributed by atoms with Gasteiger partial charge in [-0.05, 0) is 54.3 Å². The highest BCUT2D eigenvalue weighted by Crippen LogP contribution is 2.32. The fourth-order valence-electron chi connectivity index (χ4n) is 4.00. The SMILES string of the molecule is O=C(CC1CCN(c2ccnc(C(F)(F)F)c2)CC1)N1CCc2sccc2C1. The van der Waals surface area contributed by atoms with E-state index in [0.29, 0.717) is 31.7 Å². The number of hydrogen-bond acceptors (Lipinski definition) is 4. The second-order valence-corrected chi connectivity index (χ2v) is 8.47. The number of anilines is 1. The first-order valence-corrected chi connectivity index (χ1v) is 10.4. The van der Waals surface area contributed by atoms with Crippen molar-refractivity contribution in [2.45, 2.75) is 38.4 Å². The van der Waals surface area contributed by atoms with Crippen LogP contribution >= 0.6 is 11.3 Å². The lowest BCUT2D eigenvalue weighted by atomic mass is 9.92. The van der Waals surface area contributed by atoms with Gasteiger partial charge in [0, 0.05) is 49.4 Å². The second-order valence-electron chi connectivity index (χ2n) is 7.47. The molecule has 1 amide bonds. The first kappa shape index (κ1) is 19.2. The van der Waals surface area contributed by atoms with Crippen molar-refractivity contribution in [3.8, 4) is 0 Å². The Morgan fingerprint density at radius 3 is 2.75 bits per heavy atom. The van der Waals surface area contributed by atoms with Crippen LogP contribution in [-0.4, -0.2) is 35.4 Å². The highest BCUT2D eigenvalue weighted by atomic mass is 32.1. The van der Waals surface area contributed by atoms with Gasteiger partial charge in [0.2, 0.25) is 5.91 Å². The van der Waals surface area contributed by atoms with E-state index in [1.54, 1.807) is 17.4 Å². The molecule has 0 bridgehead atoms. The average Bonchev–Trinajstić information content (AvgIpc) is 3.16. The van der Waals surface area contributed by atoms with Crippen LogP contribution in [0.5, 0.6) is 0 Å². The monoisotopic (exact) mass is 409 g/mol. The Balaban J connectivity index is 1.31. The Bertz CT molecular complexity index is 843. The summed E-state index contributed by atoms with van der Waals surface area (Å²) in [6, 6.07) is 4.83. The van der Waals surface area contributed by atoms with Crippen molar-refractivity contribution in [1.82, 2.24) is 9.88 Å². The lowest BCUT2D eigenvalue weighted by molar-refractivity contribution is -0.141. The molecule has 2 aromatic heterocycles. The lowest BCUT2D eigenvalue weighted by Crippen LogP contribution is -2.39. The fourth-order valence-corrected chi connectivity index (χ4v) is 4.89. The van der Waals surface area contributed by atoms with Gasteiger partial charge in [-0.15, -0.1) is 11.3 Å². The number of nitrogens with zero attached hydrogens (tertiary/aromatic N) is 3. The highest BCUT2D eigenvalue weighted by molar-refractivity contribution is 7.10. The molecule has 2 aliphatic rings. The minimum atomic E-state index is -4.43. The van der Waals surface area contributed by atoms with E-state index in [0.717, 1.165) is 31.9 Å². The van der Waals surface area contributed by atoms with Crippen LogP contribution in [-0.2, 0) is 23.9 Å². The summed E-state index contributed by atoms with van der Waals surface area (Å²) in [4.78, 5) is 21.4. The number of fused-ring (bicyclic) bond motifs is 1. The quantitative estimate of drug-likeness (QED) is 0.756. The maximum absolute atomic E-state index is 12.9. The molecule has 0 spiro atoms. The summed E-state index contributed by atoms with van der Waals surface area (Å²) in [5.41, 5.74) is 0.950. The molecule has 0 N–H and O–H groups in total. The van der Waals surface area contributed by atoms with Gasteiger partial charge in [0.1, 0.15) is 5.69 Å². The van der Waals surface area contributed by atoms with E-state index in [9.17, 15) is 18.0 Å². The van der Waals surface area contributed by atoms with Crippen molar-refractivity contribution in [1.29, 1.82) is 0 Å². The first-order valence-electron chi connectivity index (χ1n) is 9.51. The lowest BCUT2D eigenvalue weighted by Gasteiger charge is -2.35. The molecule has 0 atom stereocenters. The number of pyridine rings is 1. The molecule has 4 heterocycles. The van der Waals surface area contributed by atoms with Crippen LogP contribution in [0.25, 0.3) is 0 Å². The summed E-state index contributed by atoms with van der Waals surface area (Å²) in [5, 5.41) is 2.08. The predicted molar refractivity (Wildman–Crippen MR) is 102 cm³/mol. The molecule has 8 heteroatoms. The van der Waals surface area contributed by atoms with Gasteiger partial charge in [0.05, 0.1) is 0 Å². The number of alkyl halides is 3. The van der Waals surface area contributed by atoms with E-state index in [4.69, 9.17) is 0 Å². The Morgan fingerprint density at radius 1 is 1.21 bits per heavy atom. The standard InChI is InChI=1S/C20H22F3N3OS/c21-20(22,23)18-12-16(1-6-24-18)25-7-2-14(3-8-25)11-19(27)26-9-4-17-15(13-26)5-10-28-17/h1,5-6,10,12,14H,2-4,7-9,11,13H2. The Morgan fingerprint density at radius 2 is 2.00 bits per heavy atom. The van der Waals surface area contributed by atoms with Crippen molar-refractivity contribution >= 4 is 22.9 Å². The van der Waals surface area contributed by atoms with Gasteiger partial charge in [0.15, 0.2) is 0 Å². The summed E-state index contributed by atoms with van der Waals surface area (Å²) >= 11 is 1.76. The molecular formula is C20H22F3N3OS. The molecule has 28 heavy (non-hydrogen) atoms. The third-order valence-electron chi connectivity index (χ3n) is 5.64. The molecule has 1 saturated heterocycles. The highest BCUT2D eigenvalue weighted by Gasteiger charge is 2.33. The van der Waals surface area contributed by atoms with Crippen molar-refractivity contribution in [2.24, 2.45) is 5.92 Å². The molecule has 0 unspecified atom stereocenters. The molecule has 0 aliphatic carbocycles. The Hall–Kier alpha value is -2.09. The van der Waals surface area contributed by atoms with Crippen LogP contribution in [0, 0.1) is 5.92 Å². The van der Waals surface area contributed by atoms with Gasteiger partial charge in [-0.1, -0.05) is 0 Å². The fraction of sp³-hybridized carbons (Fsp3) is 0.500. The van der Waals surface area contributed by atoms with Gasteiger partial charge in [-0.2, -0.15) is 13.2 Å². The number of aromatic nitrogens is 1. The number of carbonyl (C=O) groups is 1. The molecular weight excluding hydrogens is 387 g/mol. The number of halogens is 3. The molecule has 4 nitrogen and oxygen atoms in total. The Labute approximate surface area is 166 Å². The number of amides is 1. The number of carbonyl (C=O) groups excluding carboxylic acids is 1. The van der Waals surface area contributed by atoms with Gasteiger partial charge in [-0.3, -0.25) is 9.78 Å². The third-order valence-corrected chi connectivity index (χ3v) is 6.66. The van der Waals surface area contributed by atoms with Gasteiger partial charge >= 0.3 is 6.18 Å². The van der Waals surface area contributed by atoms with Crippen LogP contribution in [0.4, 0.5) is 18.9 Å². The van der Waals surface area contributed by atoms with E-state index >= 15 is 0 Å². The number of rotatable bonds is 3. The maximum atomic E-state index is 12.9. The van der Waals surface area contributed by atoms with Crippen molar-refractivity contribution in [3.63, 3.8) is 0 Å². The molecule has 4 rings (SSSR count). The second kappa shape index (κ2) is 7.73. The smallest absolute Gasteiger partial charge is 0.371 e. The molecule has 1 fully saturated rings. The van der Waals surface area contributed by atoms with Crippen LogP contribution in [0.2, 0.25) is 0 Å². The van der Waals surface area contributed by atoms with E-state index < -0.39 is 11.9 Å². The van der Waals surface area contributed by atoms with E-state index in [1.807, 2.05) is 9.80 Å². The average molecular weight is 409 g/mol. The van der Waals surface area contributed by atoms with E-state index in [-0.39, 0.29) is 11.8 Å². The Kier molecular flexibility index (Phi) is 5.31. The summed E-state index contributed by atoms with van der Waals surface area (Å²) in [6.45, 7) is 2.80. The molecule has 2 aromatic rings. The van der Waals surface area contributed by atoms with Gasteiger partial charge in [0.25, 0.3) is 0 Å². The number of hydrogen-bond donors (Lipinski definition) is 0. The van der Waals surface area contributed by atoms with E-state index in [2.05, 4.69) is 16.4 Å². The zero-order valence-electron chi connectivity index (χ0n) is 15.4. The first-order chi connectivity index (χ1) is 13.4. The molecule has 0 aromatic carbocycles. The topological polar surface area (TPSA) is 36.4 Å². The molecule has 0 radical (unpaired) electrons. The minimum absolute atomic E-state index is 0.193. The van der Waals surface area contributed by atoms with Crippen LogP contribution in [0.15, 0.2) is 29.8 Å². The van der Waals surface area contributed by atoms with Crippen LogP contribution in [0.3, 0.4) is 0 Å².